The molecule has 1 aromatic heterocycles. The number of aromatic nitrogens is 1. The van der Waals surface area contributed by atoms with Crippen molar-refractivity contribution in [2.75, 3.05) is 11.5 Å². The van der Waals surface area contributed by atoms with Gasteiger partial charge in [-0.05, 0) is 47.3 Å². The minimum Gasteiger partial charge on any atom is -0.449 e. The van der Waals surface area contributed by atoms with Crippen molar-refractivity contribution >= 4 is 27.8 Å². The molecule has 0 atom stereocenters. The number of hydrogen-bond acceptors (Lipinski definition) is 3. The molecule has 1 aromatic rings. The van der Waals surface area contributed by atoms with Gasteiger partial charge in [-0.3, -0.25) is 4.90 Å². The summed E-state index contributed by atoms with van der Waals surface area (Å²) in [5.41, 5.74) is -0.0316. The number of nitrogens with zero attached hydrogens (tertiary/aromatic N) is 2. The van der Waals surface area contributed by atoms with Crippen molar-refractivity contribution in [3.63, 3.8) is 0 Å². The fraction of sp³-hybridized carbons (Fsp3) is 0.500. The standard InChI is InChI=1S/C12H13BrN2O2/c13-9-2-3-10(14-8-9)15-11(16)17-7-6-12(15)4-1-5-12/h2-3,8H,1,4-7H2. The van der Waals surface area contributed by atoms with E-state index in [1.807, 2.05) is 12.1 Å². The largest absolute Gasteiger partial charge is 0.449 e. The third-order valence-corrected chi connectivity index (χ3v) is 4.14. The highest BCUT2D eigenvalue weighted by atomic mass is 79.9. The number of cyclic esters (lactones) is 1. The summed E-state index contributed by atoms with van der Waals surface area (Å²) in [6.07, 6.45) is 5.66. The smallest absolute Gasteiger partial charge is 0.416 e. The van der Waals surface area contributed by atoms with Crippen molar-refractivity contribution < 1.29 is 9.53 Å². The molecule has 0 radical (unpaired) electrons. The van der Waals surface area contributed by atoms with E-state index in [-0.39, 0.29) is 11.6 Å². The Bertz CT molecular complexity index is 442. The van der Waals surface area contributed by atoms with Crippen LogP contribution >= 0.6 is 15.9 Å². The predicted molar refractivity (Wildman–Crippen MR) is 67.0 cm³/mol. The maximum atomic E-state index is 11.9. The lowest BCUT2D eigenvalue weighted by atomic mass is 9.72. The minimum absolute atomic E-state index is 0.0316. The number of carbonyl (C=O) groups is 1. The van der Waals surface area contributed by atoms with E-state index in [1.54, 1.807) is 11.1 Å². The van der Waals surface area contributed by atoms with Crippen LogP contribution in [0.25, 0.3) is 0 Å². The zero-order chi connectivity index (χ0) is 11.9. The first kappa shape index (κ1) is 11.0. The maximum absolute atomic E-state index is 11.9. The summed E-state index contributed by atoms with van der Waals surface area (Å²) >= 11 is 3.35. The number of halogens is 1. The number of carbonyl (C=O) groups excluding carboxylic acids is 1. The molecular weight excluding hydrogens is 284 g/mol. The second kappa shape index (κ2) is 3.98. The summed E-state index contributed by atoms with van der Waals surface area (Å²) < 4.78 is 6.05. The van der Waals surface area contributed by atoms with E-state index in [2.05, 4.69) is 20.9 Å². The highest BCUT2D eigenvalue weighted by Gasteiger charge is 2.49. The number of rotatable bonds is 1. The summed E-state index contributed by atoms with van der Waals surface area (Å²) in [6, 6.07) is 3.76. The van der Waals surface area contributed by atoms with Gasteiger partial charge in [-0.15, -0.1) is 0 Å². The fourth-order valence-corrected chi connectivity index (χ4v) is 2.83. The molecule has 1 saturated carbocycles. The second-order valence-electron chi connectivity index (χ2n) is 4.61. The Balaban J connectivity index is 1.97. The summed E-state index contributed by atoms with van der Waals surface area (Å²) in [5, 5.41) is 0. The van der Waals surface area contributed by atoms with Crippen LogP contribution in [0.5, 0.6) is 0 Å². The third-order valence-electron chi connectivity index (χ3n) is 3.68. The molecule has 0 N–H and O–H groups in total. The Kier molecular flexibility index (Phi) is 2.58. The lowest BCUT2D eigenvalue weighted by molar-refractivity contribution is 0.0773. The molecule has 1 aliphatic heterocycles. The maximum Gasteiger partial charge on any atom is 0.416 e. The molecule has 5 heteroatoms. The van der Waals surface area contributed by atoms with Crippen LogP contribution in [0.3, 0.4) is 0 Å². The molecule has 1 spiro atoms. The Morgan fingerprint density at radius 2 is 2.18 bits per heavy atom. The van der Waals surface area contributed by atoms with Crippen LogP contribution in [0.15, 0.2) is 22.8 Å². The van der Waals surface area contributed by atoms with Crippen molar-refractivity contribution in [1.82, 2.24) is 4.98 Å². The van der Waals surface area contributed by atoms with E-state index in [4.69, 9.17) is 4.74 Å². The first-order valence-corrected chi connectivity index (χ1v) is 6.59. The Morgan fingerprint density at radius 3 is 2.76 bits per heavy atom. The number of pyridine rings is 1. The Hall–Kier alpha value is -1.10. The first-order valence-electron chi connectivity index (χ1n) is 5.80. The second-order valence-corrected chi connectivity index (χ2v) is 5.53. The van der Waals surface area contributed by atoms with Crippen LogP contribution in [0, 0.1) is 0 Å². The Labute approximate surface area is 108 Å². The number of ether oxygens (including phenoxy) is 1. The van der Waals surface area contributed by atoms with E-state index in [0.29, 0.717) is 12.4 Å². The van der Waals surface area contributed by atoms with E-state index < -0.39 is 0 Å². The normalized spacial score (nSPS) is 22.2. The van der Waals surface area contributed by atoms with Gasteiger partial charge in [-0.1, -0.05) is 0 Å². The zero-order valence-corrected chi connectivity index (χ0v) is 10.9. The lowest BCUT2D eigenvalue weighted by Crippen LogP contribution is -2.60. The highest BCUT2D eigenvalue weighted by molar-refractivity contribution is 9.10. The van der Waals surface area contributed by atoms with Crippen LogP contribution in [0.4, 0.5) is 10.6 Å². The molecule has 0 unspecified atom stereocenters. The molecule has 2 heterocycles. The van der Waals surface area contributed by atoms with E-state index in [9.17, 15) is 4.79 Å². The molecule has 90 valence electrons. The van der Waals surface area contributed by atoms with E-state index in [0.717, 1.165) is 23.7 Å². The molecule has 3 rings (SSSR count). The fourth-order valence-electron chi connectivity index (χ4n) is 2.59. The lowest BCUT2D eigenvalue weighted by Gasteiger charge is -2.51. The average Bonchev–Trinajstić information content (AvgIpc) is 2.28. The SMILES string of the molecule is O=C1OCCC2(CCC2)N1c1ccc(Br)cn1. The molecular formula is C12H13BrN2O2. The molecule has 0 aromatic carbocycles. The molecule has 2 aliphatic rings. The summed E-state index contributed by atoms with van der Waals surface area (Å²) in [6.45, 7) is 0.534. The number of anilines is 1. The van der Waals surface area contributed by atoms with Gasteiger partial charge in [-0.2, -0.15) is 0 Å². The predicted octanol–water partition coefficient (Wildman–Crippen LogP) is 3.11. The quantitative estimate of drug-likeness (QED) is 0.800. The molecule has 1 aliphatic carbocycles. The summed E-state index contributed by atoms with van der Waals surface area (Å²) in [7, 11) is 0. The highest BCUT2D eigenvalue weighted by Crippen LogP contribution is 2.44. The summed E-state index contributed by atoms with van der Waals surface area (Å²) in [4.78, 5) is 18.0. The molecule has 17 heavy (non-hydrogen) atoms. The molecule has 2 fully saturated rings. The van der Waals surface area contributed by atoms with Crippen LogP contribution in [0.1, 0.15) is 25.7 Å². The van der Waals surface area contributed by atoms with Crippen molar-refractivity contribution in [3.05, 3.63) is 22.8 Å². The van der Waals surface area contributed by atoms with Crippen LogP contribution < -0.4 is 4.90 Å². The summed E-state index contributed by atoms with van der Waals surface area (Å²) in [5.74, 6) is 0.692. The zero-order valence-electron chi connectivity index (χ0n) is 9.36. The van der Waals surface area contributed by atoms with Crippen molar-refractivity contribution in [1.29, 1.82) is 0 Å². The van der Waals surface area contributed by atoms with Crippen molar-refractivity contribution in [2.45, 2.75) is 31.2 Å². The van der Waals surface area contributed by atoms with E-state index in [1.165, 1.54) is 6.42 Å². The average molecular weight is 297 g/mol. The van der Waals surface area contributed by atoms with Gasteiger partial charge in [0.05, 0.1) is 12.1 Å². The van der Waals surface area contributed by atoms with Crippen LogP contribution in [0.2, 0.25) is 0 Å². The van der Waals surface area contributed by atoms with E-state index >= 15 is 0 Å². The molecule has 1 saturated heterocycles. The third kappa shape index (κ3) is 1.73. The van der Waals surface area contributed by atoms with Crippen molar-refractivity contribution in [3.8, 4) is 0 Å². The van der Waals surface area contributed by atoms with Gasteiger partial charge >= 0.3 is 6.09 Å². The van der Waals surface area contributed by atoms with Crippen LogP contribution in [-0.4, -0.2) is 23.2 Å². The molecule has 4 nitrogen and oxygen atoms in total. The minimum atomic E-state index is -0.259. The number of amides is 1. The van der Waals surface area contributed by atoms with Crippen molar-refractivity contribution in [2.24, 2.45) is 0 Å². The number of hydrogen-bond donors (Lipinski definition) is 0. The van der Waals surface area contributed by atoms with Crippen LogP contribution in [-0.2, 0) is 4.74 Å². The van der Waals surface area contributed by atoms with Gasteiger partial charge < -0.3 is 4.74 Å². The van der Waals surface area contributed by atoms with Gasteiger partial charge in [0, 0.05) is 17.1 Å². The van der Waals surface area contributed by atoms with Gasteiger partial charge in [0.25, 0.3) is 0 Å². The molecule has 1 amide bonds. The van der Waals surface area contributed by atoms with Gasteiger partial charge in [0.2, 0.25) is 0 Å². The van der Waals surface area contributed by atoms with Gasteiger partial charge in [-0.25, -0.2) is 9.78 Å². The first-order chi connectivity index (χ1) is 8.21. The monoisotopic (exact) mass is 296 g/mol. The topological polar surface area (TPSA) is 42.4 Å². The van der Waals surface area contributed by atoms with Gasteiger partial charge in [0.1, 0.15) is 5.82 Å². The van der Waals surface area contributed by atoms with Gasteiger partial charge in [0.15, 0.2) is 0 Å². The Morgan fingerprint density at radius 1 is 1.35 bits per heavy atom. The molecule has 0 bridgehead atoms.